The van der Waals surface area contributed by atoms with E-state index in [1.54, 1.807) is 0 Å². The van der Waals surface area contributed by atoms with Gasteiger partial charge in [0.25, 0.3) is 0 Å². The topological polar surface area (TPSA) is 51.6 Å². The molecule has 0 radical (unpaired) electrons. The first-order valence-electron chi connectivity index (χ1n) is 21.0. The lowest BCUT2D eigenvalue weighted by Gasteiger charge is -2.35. The summed E-state index contributed by atoms with van der Waals surface area (Å²) in [6.07, 6.45) is 3.68. The highest BCUT2D eigenvalue weighted by Crippen LogP contribution is 2.63. The molecule has 13 rings (SSSR count). The lowest BCUT2D eigenvalue weighted by Crippen LogP contribution is -2.29. The highest BCUT2D eigenvalue weighted by Gasteiger charge is 2.50. The molecule has 1 unspecified atom stereocenters. The fourth-order valence-corrected chi connectivity index (χ4v) is 11.4. The maximum absolute atomic E-state index is 5.34. The molecule has 1 spiro atoms. The van der Waals surface area contributed by atoms with Crippen molar-refractivity contribution in [2.75, 3.05) is 0 Å². The van der Waals surface area contributed by atoms with Crippen molar-refractivity contribution in [2.45, 2.75) is 5.41 Å². The summed E-state index contributed by atoms with van der Waals surface area (Å²) < 4.78 is 2.64. The maximum Gasteiger partial charge on any atom is 0.163 e. The Morgan fingerprint density at radius 3 is 1.68 bits per heavy atom. The van der Waals surface area contributed by atoms with Crippen molar-refractivity contribution < 1.29 is 0 Å². The van der Waals surface area contributed by atoms with Crippen molar-refractivity contribution in [3.05, 3.63) is 229 Å². The van der Waals surface area contributed by atoms with Crippen LogP contribution in [0, 0.1) is 0 Å². The molecule has 1 atom stereocenters. The minimum absolute atomic E-state index is 0.574. The van der Waals surface area contributed by atoms with Gasteiger partial charge in [-0.05, 0) is 68.3 Å². The zero-order valence-corrected chi connectivity index (χ0v) is 34.1. The molecule has 0 amide bonds. The molecular formula is C57H34N4S. The molecule has 2 aliphatic carbocycles. The van der Waals surface area contributed by atoms with E-state index < -0.39 is 5.41 Å². The number of fused-ring (bicyclic) bond motifs is 16. The first-order chi connectivity index (χ1) is 30.7. The van der Waals surface area contributed by atoms with E-state index >= 15 is 0 Å². The minimum Gasteiger partial charge on any atom is -0.236 e. The molecule has 0 saturated carbocycles. The maximum atomic E-state index is 5.34. The van der Waals surface area contributed by atoms with Crippen LogP contribution >= 0.6 is 11.3 Å². The van der Waals surface area contributed by atoms with Crippen molar-refractivity contribution >= 4 is 31.5 Å². The Morgan fingerprint density at radius 1 is 0.355 bits per heavy atom. The van der Waals surface area contributed by atoms with Gasteiger partial charge in [0.1, 0.15) is 0 Å². The summed E-state index contributed by atoms with van der Waals surface area (Å²) >= 11 is 1.90. The summed E-state index contributed by atoms with van der Waals surface area (Å²) in [4.78, 5) is 20.0. The third kappa shape index (κ3) is 5.06. The third-order valence-electron chi connectivity index (χ3n) is 12.8. The van der Waals surface area contributed by atoms with Crippen LogP contribution in [0.15, 0.2) is 207 Å². The van der Waals surface area contributed by atoms with Gasteiger partial charge in [-0.1, -0.05) is 176 Å². The summed E-state index contributed by atoms with van der Waals surface area (Å²) in [6, 6.07) is 70.3. The third-order valence-corrected chi connectivity index (χ3v) is 14.1. The Hall–Kier alpha value is -7.86. The number of rotatable bonds is 4. The van der Waals surface area contributed by atoms with E-state index in [1.165, 1.54) is 75.8 Å². The Bertz CT molecular complexity index is 3580. The molecule has 62 heavy (non-hydrogen) atoms. The predicted octanol–water partition coefficient (Wildman–Crippen LogP) is 14.3. The molecule has 11 aromatic rings. The fraction of sp³-hybridized carbons (Fsp3) is 0.0175. The molecule has 0 N–H and O–H groups in total. The van der Waals surface area contributed by atoms with Crippen LogP contribution in [0.3, 0.4) is 0 Å². The Labute approximate surface area is 362 Å². The molecule has 0 aliphatic heterocycles. The zero-order valence-electron chi connectivity index (χ0n) is 33.3. The SMILES string of the molecule is c1ccc(-c2cc(-c3ccc4c(c3)C3(c5ccccc5-c5ccccc5-4)c4ccccc4-c4c3ccc3c4sc4ccccc43)nc(-c3cnc(-c4ccccc4)nc3)n2)cc1. The van der Waals surface area contributed by atoms with Gasteiger partial charge in [-0.3, -0.25) is 0 Å². The van der Waals surface area contributed by atoms with Gasteiger partial charge in [0.05, 0.1) is 22.4 Å². The van der Waals surface area contributed by atoms with Crippen molar-refractivity contribution in [1.29, 1.82) is 0 Å². The second kappa shape index (κ2) is 13.6. The average Bonchev–Trinajstić information content (AvgIpc) is 3.85. The fourth-order valence-electron chi connectivity index (χ4n) is 10.2. The summed E-state index contributed by atoms with van der Waals surface area (Å²) in [5, 5.41) is 2.61. The van der Waals surface area contributed by atoms with Gasteiger partial charge in [0.2, 0.25) is 0 Å². The molecule has 5 heteroatoms. The monoisotopic (exact) mass is 806 g/mol. The molecule has 0 saturated heterocycles. The second-order valence-electron chi connectivity index (χ2n) is 16.1. The highest BCUT2D eigenvalue weighted by atomic mass is 32.1. The van der Waals surface area contributed by atoms with Gasteiger partial charge in [-0.25, -0.2) is 19.9 Å². The van der Waals surface area contributed by atoms with Gasteiger partial charge >= 0.3 is 0 Å². The van der Waals surface area contributed by atoms with Crippen molar-refractivity contribution in [3.8, 4) is 78.7 Å². The van der Waals surface area contributed by atoms with Crippen LogP contribution in [-0.4, -0.2) is 19.9 Å². The summed E-state index contributed by atoms with van der Waals surface area (Å²) in [7, 11) is 0. The number of thiophene rings is 1. The van der Waals surface area contributed by atoms with E-state index in [9.17, 15) is 0 Å². The molecule has 2 aliphatic rings. The Kier molecular flexibility index (Phi) is 7.66. The first-order valence-corrected chi connectivity index (χ1v) is 21.8. The molecular weight excluding hydrogens is 773 g/mol. The van der Waals surface area contributed by atoms with E-state index in [4.69, 9.17) is 19.9 Å². The zero-order chi connectivity index (χ0) is 40.8. The second-order valence-corrected chi connectivity index (χ2v) is 17.2. The van der Waals surface area contributed by atoms with Gasteiger partial charge in [-0.2, -0.15) is 0 Å². The van der Waals surface area contributed by atoms with Crippen molar-refractivity contribution in [2.24, 2.45) is 0 Å². The Balaban J connectivity index is 1.10. The largest absolute Gasteiger partial charge is 0.236 e. The number of hydrogen-bond donors (Lipinski definition) is 0. The van der Waals surface area contributed by atoms with Crippen LogP contribution in [0.2, 0.25) is 0 Å². The molecule has 3 heterocycles. The van der Waals surface area contributed by atoms with Crippen molar-refractivity contribution in [3.63, 3.8) is 0 Å². The normalized spacial score (nSPS) is 14.5. The number of aromatic nitrogens is 4. The van der Waals surface area contributed by atoms with Crippen LogP contribution in [0.4, 0.5) is 0 Å². The molecule has 0 fully saturated rings. The van der Waals surface area contributed by atoms with E-state index in [0.717, 1.165) is 33.6 Å². The first kappa shape index (κ1) is 34.9. The molecule has 8 aromatic carbocycles. The summed E-state index contributed by atoms with van der Waals surface area (Å²) in [5.74, 6) is 1.24. The van der Waals surface area contributed by atoms with E-state index in [0.29, 0.717) is 11.6 Å². The predicted molar refractivity (Wildman–Crippen MR) is 254 cm³/mol. The Morgan fingerprint density at radius 2 is 0.935 bits per heavy atom. The van der Waals surface area contributed by atoms with Crippen molar-refractivity contribution in [1.82, 2.24) is 19.9 Å². The number of hydrogen-bond acceptors (Lipinski definition) is 5. The average molecular weight is 807 g/mol. The summed E-state index contributed by atoms with van der Waals surface area (Å²) in [6.45, 7) is 0. The van der Waals surface area contributed by atoms with Gasteiger partial charge < -0.3 is 0 Å². The molecule has 288 valence electrons. The quantitative estimate of drug-likeness (QED) is 0.178. The van der Waals surface area contributed by atoms with E-state index in [2.05, 4.69) is 158 Å². The highest BCUT2D eigenvalue weighted by molar-refractivity contribution is 7.26. The summed E-state index contributed by atoms with van der Waals surface area (Å²) in [5.41, 5.74) is 17.4. The smallest absolute Gasteiger partial charge is 0.163 e. The van der Waals surface area contributed by atoms with Crippen LogP contribution in [-0.2, 0) is 5.41 Å². The van der Waals surface area contributed by atoms with Crippen LogP contribution in [0.1, 0.15) is 22.3 Å². The van der Waals surface area contributed by atoms with E-state index in [1.807, 2.05) is 60.1 Å². The van der Waals surface area contributed by atoms with Gasteiger partial charge in [0.15, 0.2) is 11.6 Å². The molecule has 3 aromatic heterocycles. The minimum atomic E-state index is -0.642. The standard InChI is InChI=1S/C57H34N4S/c1-3-15-35(16-4-1)50-32-51(61-56(60-50)38-33-58-55(59-34-38)36-17-5-2-6-18-36)37-27-28-42-40-20-8-7-19-39(40)41-21-9-12-24-46(41)57(49(42)31-37)47-25-13-10-23-45(47)53-48(57)30-29-44-43-22-11-14-26-52(43)62-54(44)53/h1-34H. The number of nitrogens with zero attached hydrogens (tertiary/aromatic N) is 4. The van der Waals surface area contributed by atoms with Gasteiger partial charge in [0, 0.05) is 54.8 Å². The van der Waals surface area contributed by atoms with Gasteiger partial charge in [-0.15, -0.1) is 11.3 Å². The van der Waals surface area contributed by atoms with Crippen LogP contribution in [0.25, 0.3) is 98.8 Å². The lowest BCUT2D eigenvalue weighted by molar-refractivity contribution is 0.776. The molecule has 0 bridgehead atoms. The van der Waals surface area contributed by atoms with Crippen LogP contribution in [0.5, 0.6) is 0 Å². The lowest BCUT2D eigenvalue weighted by atomic mass is 9.65. The number of benzene rings is 8. The van der Waals surface area contributed by atoms with Crippen LogP contribution < -0.4 is 0 Å². The molecule has 4 nitrogen and oxygen atoms in total. The van der Waals surface area contributed by atoms with E-state index in [-0.39, 0.29) is 0 Å².